The Morgan fingerprint density at radius 1 is 1.20 bits per heavy atom. The number of likely N-dealkylation sites (N-methyl/N-ethyl adjacent to an activating group) is 1. The summed E-state index contributed by atoms with van der Waals surface area (Å²) in [4.78, 5) is 37.7. The van der Waals surface area contributed by atoms with Gasteiger partial charge in [-0.15, -0.1) is 0 Å². The molecule has 1 aliphatic rings. The molecule has 1 saturated heterocycles. The number of rotatable bonds is 5. The van der Waals surface area contributed by atoms with Crippen LogP contribution in [-0.4, -0.2) is 65.5 Å². The Hall–Kier alpha value is -1.79. The minimum absolute atomic E-state index is 0.0145. The number of nitrogens with zero attached hydrogens (tertiary/aromatic N) is 2. The Morgan fingerprint density at radius 2 is 1.75 bits per heavy atom. The Balaban J connectivity index is 2.34. The maximum atomic E-state index is 11.9. The lowest BCUT2D eigenvalue weighted by molar-refractivity contribution is -0.143. The van der Waals surface area contributed by atoms with E-state index >= 15 is 0 Å². The number of amides is 3. The second-order valence-corrected chi connectivity index (χ2v) is 4.82. The first-order valence-corrected chi connectivity index (χ1v) is 7.02. The average molecular weight is 285 g/mol. The highest BCUT2D eigenvalue weighted by molar-refractivity contribution is 5.84. The number of carboxylic acids is 1. The lowest BCUT2D eigenvalue weighted by Crippen LogP contribution is -2.48. The molecule has 114 valence electrons. The van der Waals surface area contributed by atoms with Crippen LogP contribution in [0.1, 0.15) is 26.7 Å². The van der Waals surface area contributed by atoms with Crippen LogP contribution in [0.3, 0.4) is 0 Å². The van der Waals surface area contributed by atoms with E-state index < -0.39 is 5.97 Å². The highest BCUT2D eigenvalue weighted by Gasteiger charge is 2.27. The van der Waals surface area contributed by atoms with E-state index in [9.17, 15) is 14.4 Å². The molecule has 2 N–H and O–H groups in total. The zero-order valence-corrected chi connectivity index (χ0v) is 12.1. The summed E-state index contributed by atoms with van der Waals surface area (Å²) in [5, 5.41) is 11.5. The number of carbonyl (C=O) groups excluding carboxylic acids is 2. The second-order valence-electron chi connectivity index (χ2n) is 4.82. The van der Waals surface area contributed by atoms with E-state index in [0.717, 1.165) is 0 Å². The van der Waals surface area contributed by atoms with Gasteiger partial charge in [0.15, 0.2) is 0 Å². The molecule has 0 radical (unpaired) electrons. The maximum absolute atomic E-state index is 11.9. The second kappa shape index (κ2) is 7.72. The number of urea groups is 1. The zero-order chi connectivity index (χ0) is 15.1. The third kappa shape index (κ3) is 4.40. The van der Waals surface area contributed by atoms with E-state index in [1.54, 1.807) is 9.80 Å². The van der Waals surface area contributed by atoms with Gasteiger partial charge in [-0.3, -0.25) is 9.59 Å². The summed E-state index contributed by atoms with van der Waals surface area (Å²) in [6, 6.07) is -0.297. The third-order valence-corrected chi connectivity index (χ3v) is 3.64. The van der Waals surface area contributed by atoms with Crippen LogP contribution < -0.4 is 5.32 Å². The number of piperidine rings is 1. The molecule has 20 heavy (non-hydrogen) atoms. The lowest BCUT2D eigenvalue weighted by atomic mass is 9.97. The SMILES string of the molecule is CCN(CC)C(=O)CNC(=O)N1CCC(C(=O)O)CC1. The number of hydrogen-bond donors (Lipinski definition) is 2. The standard InChI is InChI=1S/C13H23N3O4/c1-3-15(4-2)11(17)9-14-13(20)16-7-5-10(6-8-16)12(18)19/h10H,3-9H2,1-2H3,(H,14,20)(H,18,19). The normalized spacial score (nSPS) is 15.8. The Kier molecular flexibility index (Phi) is 6.27. The smallest absolute Gasteiger partial charge is 0.317 e. The summed E-state index contributed by atoms with van der Waals surface area (Å²) in [6.45, 7) is 5.84. The van der Waals surface area contributed by atoms with Crippen molar-refractivity contribution in [1.82, 2.24) is 15.1 Å². The van der Waals surface area contributed by atoms with Gasteiger partial charge in [0.25, 0.3) is 0 Å². The molecular formula is C13H23N3O4. The van der Waals surface area contributed by atoms with Crippen molar-refractivity contribution in [2.45, 2.75) is 26.7 Å². The van der Waals surface area contributed by atoms with Crippen LogP contribution in [0.4, 0.5) is 4.79 Å². The van der Waals surface area contributed by atoms with Crippen LogP contribution >= 0.6 is 0 Å². The van der Waals surface area contributed by atoms with Crippen LogP contribution in [-0.2, 0) is 9.59 Å². The van der Waals surface area contributed by atoms with E-state index in [-0.39, 0.29) is 24.4 Å². The van der Waals surface area contributed by atoms with Gasteiger partial charge in [-0.25, -0.2) is 4.79 Å². The van der Waals surface area contributed by atoms with E-state index in [0.29, 0.717) is 39.0 Å². The van der Waals surface area contributed by atoms with Crippen molar-refractivity contribution in [1.29, 1.82) is 0 Å². The topological polar surface area (TPSA) is 90.0 Å². The number of hydrogen-bond acceptors (Lipinski definition) is 3. The number of nitrogens with one attached hydrogen (secondary N) is 1. The molecule has 0 aromatic heterocycles. The predicted octanol–water partition coefficient (Wildman–Crippen LogP) is 0.361. The monoisotopic (exact) mass is 285 g/mol. The van der Waals surface area contributed by atoms with Crippen LogP contribution in [0.5, 0.6) is 0 Å². The molecule has 7 heteroatoms. The van der Waals surface area contributed by atoms with Gasteiger partial charge in [-0.05, 0) is 26.7 Å². The van der Waals surface area contributed by atoms with Crippen molar-refractivity contribution in [3.63, 3.8) is 0 Å². The average Bonchev–Trinajstić information content (AvgIpc) is 2.46. The molecule has 7 nitrogen and oxygen atoms in total. The lowest BCUT2D eigenvalue weighted by Gasteiger charge is -2.30. The van der Waals surface area contributed by atoms with Crippen molar-refractivity contribution in [2.24, 2.45) is 5.92 Å². The summed E-state index contributed by atoms with van der Waals surface area (Å²) in [7, 11) is 0. The molecule has 0 unspecified atom stereocenters. The van der Waals surface area contributed by atoms with Crippen LogP contribution in [0.15, 0.2) is 0 Å². The van der Waals surface area contributed by atoms with Gasteiger partial charge >= 0.3 is 12.0 Å². The summed E-state index contributed by atoms with van der Waals surface area (Å²) < 4.78 is 0. The van der Waals surface area contributed by atoms with Gasteiger partial charge in [-0.1, -0.05) is 0 Å². The molecule has 1 rings (SSSR count). The van der Waals surface area contributed by atoms with Gasteiger partial charge in [0.2, 0.25) is 5.91 Å². The van der Waals surface area contributed by atoms with Crippen molar-refractivity contribution in [2.75, 3.05) is 32.7 Å². The van der Waals surface area contributed by atoms with Crippen molar-refractivity contribution in [3.05, 3.63) is 0 Å². The Labute approximate surface area is 118 Å². The Bertz CT molecular complexity index is 361. The van der Waals surface area contributed by atoms with Crippen molar-refractivity contribution >= 4 is 17.9 Å². The van der Waals surface area contributed by atoms with E-state index in [1.807, 2.05) is 13.8 Å². The number of carboxylic acid groups (broad SMARTS) is 1. The van der Waals surface area contributed by atoms with Crippen LogP contribution in [0.25, 0.3) is 0 Å². The van der Waals surface area contributed by atoms with E-state index in [4.69, 9.17) is 5.11 Å². The number of aliphatic carboxylic acids is 1. The van der Waals surface area contributed by atoms with Gasteiger partial charge < -0.3 is 20.2 Å². The fourth-order valence-electron chi connectivity index (χ4n) is 2.28. The van der Waals surface area contributed by atoms with E-state index in [2.05, 4.69) is 5.32 Å². The molecule has 1 heterocycles. The van der Waals surface area contributed by atoms with E-state index in [1.165, 1.54) is 0 Å². The minimum atomic E-state index is -0.804. The summed E-state index contributed by atoms with van der Waals surface area (Å²) >= 11 is 0. The fourth-order valence-corrected chi connectivity index (χ4v) is 2.28. The quantitative estimate of drug-likeness (QED) is 0.763. The first-order chi connectivity index (χ1) is 9.49. The molecule has 0 atom stereocenters. The molecule has 0 saturated carbocycles. The first-order valence-electron chi connectivity index (χ1n) is 7.02. The fraction of sp³-hybridized carbons (Fsp3) is 0.769. The van der Waals surface area contributed by atoms with Gasteiger partial charge in [0.05, 0.1) is 12.5 Å². The minimum Gasteiger partial charge on any atom is -0.481 e. The van der Waals surface area contributed by atoms with Crippen LogP contribution in [0.2, 0.25) is 0 Å². The summed E-state index contributed by atoms with van der Waals surface area (Å²) in [5.74, 6) is -1.28. The van der Waals surface area contributed by atoms with Gasteiger partial charge in [0, 0.05) is 26.2 Å². The Morgan fingerprint density at radius 3 is 2.20 bits per heavy atom. The predicted molar refractivity (Wildman–Crippen MR) is 73.3 cm³/mol. The zero-order valence-electron chi connectivity index (χ0n) is 12.1. The molecular weight excluding hydrogens is 262 g/mol. The number of likely N-dealkylation sites (tertiary alicyclic amines) is 1. The molecule has 0 spiro atoms. The van der Waals surface area contributed by atoms with Crippen molar-refractivity contribution in [3.8, 4) is 0 Å². The van der Waals surface area contributed by atoms with Gasteiger partial charge in [-0.2, -0.15) is 0 Å². The largest absolute Gasteiger partial charge is 0.481 e. The molecule has 1 aliphatic heterocycles. The molecule has 3 amide bonds. The molecule has 0 aromatic carbocycles. The third-order valence-electron chi connectivity index (χ3n) is 3.64. The summed E-state index contributed by atoms with van der Waals surface area (Å²) in [5.41, 5.74) is 0. The van der Waals surface area contributed by atoms with Crippen molar-refractivity contribution < 1.29 is 19.5 Å². The van der Waals surface area contributed by atoms with Gasteiger partial charge in [0.1, 0.15) is 0 Å². The molecule has 0 aliphatic carbocycles. The maximum Gasteiger partial charge on any atom is 0.317 e. The summed E-state index contributed by atoms with van der Waals surface area (Å²) in [6.07, 6.45) is 0.930. The molecule has 1 fully saturated rings. The highest BCUT2D eigenvalue weighted by atomic mass is 16.4. The highest BCUT2D eigenvalue weighted by Crippen LogP contribution is 2.17. The first kappa shape index (κ1) is 16.3. The molecule has 0 bridgehead atoms. The van der Waals surface area contributed by atoms with Crippen LogP contribution in [0, 0.1) is 5.92 Å². The molecule has 0 aromatic rings. The number of carbonyl (C=O) groups is 3.